The predicted octanol–water partition coefficient (Wildman–Crippen LogP) is 8.49. The third kappa shape index (κ3) is 7.65. The number of amides is 2. The van der Waals surface area contributed by atoms with E-state index in [-0.39, 0.29) is 25.6 Å². The van der Waals surface area contributed by atoms with Crippen molar-refractivity contribution in [2.45, 2.75) is 77.6 Å². The number of fused-ring (bicyclic) bond motifs is 1. The molecule has 3 aromatic rings. The Kier molecular flexibility index (Phi) is 11.8. The van der Waals surface area contributed by atoms with Crippen LogP contribution in [-0.2, 0) is 20.6 Å². The number of anilines is 1. The van der Waals surface area contributed by atoms with Crippen LogP contribution in [0, 0.1) is 5.82 Å². The van der Waals surface area contributed by atoms with Gasteiger partial charge in [0.15, 0.2) is 0 Å². The van der Waals surface area contributed by atoms with Gasteiger partial charge in [0.1, 0.15) is 5.82 Å². The molecule has 0 spiro atoms. The molecule has 0 fully saturated rings. The maximum atomic E-state index is 14.2. The van der Waals surface area contributed by atoms with Crippen molar-refractivity contribution in [2.24, 2.45) is 0 Å². The quantitative estimate of drug-likeness (QED) is 0.146. The van der Waals surface area contributed by atoms with Crippen molar-refractivity contribution >= 4 is 46.7 Å². The molecule has 42 heavy (non-hydrogen) atoms. The summed E-state index contributed by atoms with van der Waals surface area (Å²) in [6.07, 6.45) is 3.80. The van der Waals surface area contributed by atoms with Crippen LogP contribution in [-0.4, -0.2) is 49.9 Å². The van der Waals surface area contributed by atoms with Crippen LogP contribution in [0.2, 0.25) is 16.6 Å². The summed E-state index contributed by atoms with van der Waals surface area (Å²) in [6.45, 7) is 20.1. The molecule has 228 valence electrons. The molecular weight excluding hydrogens is 570 g/mol. The zero-order valence-electron chi connectivity index (χ0n) is 25.8. The van der Waals surface area contributed by atoms with Crippen molar-refractivity contribution in [3.63, 3.8) is 0 Å². The van der Waals surface area contributed by atoms with Crippen LogP contribution < -0.4 is 5.32 Å². The van der Waals surface area contributed by atoms with E-state index in [0.717, 1.165) is 17.3 Å². The summed E-state index contributed by atoms with van der Waals surface area (Å²) in [4.78, 5) is 31.8. The molecule has 0 aliphatic carbocycles. The molecule has 2 amide bonds. The van der Waals surface area contributed by atoms with Crippen LogP contribution in [0.4, 0.5) is 14.2 Å². The number of aromatic nitrogens is 1. The first-order valence-corrected chi connectivity index (χ1v) is 17.5. The van der Waals surface area contributed by atoms with Gasteiger partial charge in [0.2, 0.25) is 14.2 Å². The highest BCUT2D eigenvalue weighted by Crippen LogP contribution is 2.42. The van der Waals surface area contributed by atoms with Crippen LogP contribution in [0.25, 0.3) is 10.1 Å². The number of carbonyl (C=O) groups is 2. The molecule has 1 aromatic carbocycles. The molecule has 1 atom stereocenters. The zero-order valence-corrected chi connectivity index (χ0v) is 27.6. The van der Waals surface area contributed by atoms with Crippen molar-refractivity contribution in [1.29, 1.82) is 0 Å². The normalized spacial score (nSPS) is 12.6. The monoisotopic (exact) mass is 613 g/mol. The third-order valence-electron chi connectivity index (χ3n) is 7.82. The second-order valence-corrected chi connectivity index (χ2v) is 18.0. The summed E-state index contributed by atoms with van der Waals surface area (Å²) in [6, 6.07) is 9.40. The van der Waals surface area contributed by atoms with Crippen LogP contribution in [0.15, 0.2) is 55.4 Å². The summed E-state index contributed by atoms with van der Waals surface area (Å²) >= 11 is 1.25. The second kappa shape index (κ2) is 14.9. The fourth-order valence-electron chi connectivity index (χ4n) is 5.91. The molecule has 10 heteroatoms. The van der Waals surface area contributed by atoms with E-state index in [2.05, 4.69) is 58.4 Å². The number of nitrogens with one attached hydrogen (secondary N) is 1. The number of halogens is 1. The Morgan fingerprint density at radius 3 is 2.29 bits per heavy atom. The lowest BCUT2D eigenvalue weighted by molar-refractivity contribution is -0.117. The predicted molar refractivity (Wildman–Crippen MR) is 172 cm³/mol. The topological polar surface area (TPSA) is 80.8 Å². The van der Waals surface area contributed by atoms with E-state index in [1.54, 1.807) is 25.3 Å². The Bertz CT molecular complexity index is 1340. The zero-order chi connectivity index (χ0) is 31.0. The van der Waals surface area contributed by atoms with E-state index < -0.39 is 26.1 Å². The van der Waals surface area contributed by atoms with Gasteiger partial charge in [0, 0.05) is 24.7 Å². The summed E-state index contributed by atoms with van der Waals surface area (Å²) in [7, 11) is -2.04. The van der Waals surface area contributed by atoms with E-state index >= 15 is 0 Å². The number of pyridine rings is 1. The average Bonchev–Trinajstić information content (AvgIpc) is 3.35. The minimum Gasteiger partial charge on any atom is -0.450 e. The highest BCUT2D eigenvalue weighted by atomic mass is 32.1. The molecule has 1 N–H and O–H groups in total. The van der Waals surface area contributed by atoms with Gasteiger partial charge in [-0.3, -0.25) is 9.78 Å². The van der Waals surface area contributed by atoms with Gasteiger partial charge in [0.25, 0.3) is 0 Å². The second-order valence-electron chi connectivity index (χ2n) is 11.4. The largest absolute Gasteiger partial charge is 0.450 e. The SMILES string of the molecule is C=CCN(C[C@@H](C(=O)Nc1cc2c(F)cncc2s1)c1ccc(CO[Si](C(C)C)(C(C)C)C(C)C)cc1)C(=O)OCC. The number of carbonyl (C=O) groups excluding carboxylic acids is 2. The van der Waals surface area contributed by atoms with Crippen molar-refractivity contribution in [3.05, 3.63) is 72.3 Å². The molecular formula is C32H44FN3O4SSi. The molecule has 3 rings (SSSR count). The first kappa shape index (κ1) is 33.4. The van der Waals surface area contributed by atoms with Crippen LogP contribution in [0.5, 0.6) is 0 Å². The first-order chi connectivity index (χ1) is 19.9. The van der Waals surface area contributed by atoms with Gasteiger partial charge in [-0.1, -0.05) is 71.9 Å². The molecule has 0 radical (unpaired) electrons. The highest BCUT2D eigenvalue weighted by molar-refractivity contribution is 7.22. The molecule has 0 aliphatic heterocycles. The van der Waals surface area contributed by atoms with Gasteiger partial charge in [-0.15, -0.1) is 17.9 Å². The Labute approximate surface area is 254 Å². The molecule has 7 nitrogen and oxygen atoms in total. The number of nitrogens with zero attached hydrogens (tertiary/aromatic N) is 2. The average molecular weight is 614 g/mol. The van der Waals surface area contributed by atoms with Gasteiger partial charge >= 0.3 is 6.09 Å². The summed E-state index contributed by atoms with van der Waals surface area (Å²) in [5.74, 6) is -1.48. The Morgan fingerprint density at radius 1 is 1.10 bits per heavy atom. The van der Waals surface area contributed by atoms with Crippen molar-refractivity contribution in [2.75, 3.05) is 25.0 Å². The van der Waals surface area contributed by atoms with Gasteiger partial charge in [-0.25, -0.2) is 9.18 Å². The van der Waals surface area contributed by atoms with E-state index in [9.17, 15) is 14.0 Å². The maximum absolute atomic E-state index is 14.2. The van der Waals surface area contributed by atoms with Crippen LogP contribution in [0.1, 0.15) is 65.5 Å². The van der Waals surface area contributed by atoms with Gasteiger partial charge < -0.3 is 19.4 Å². The maximum Gasteiger partial charge on any atom is 0.410 e. The van der Waals surface area contributed by atoms with Gasteiger partial charge in [-0.05, 0) is 40.7 Å². The summed E-state index contributed by atoms with van der Waals surface area (Å²) < 4.78 is 26.9. The number of benzene rings is 1. The molecule has 0 aliphatic rings. The van der Waals surface area contributed by atoms with Crippen molar-refractivity contribution < 1.29 is 23.1 Å². The minimum atomic E-state index is -2.04. The minimum absolute atomic E-state index is 0.0808. The Morgan fingerprint density at radius 2 is 1.74 bits per heavy atom. The van der Waals surface area contributed by atoms with Crippen molar-refractivity contribution in [1.82, 2.24) is 9.88 Å². The van der Waals surface area contributed by atoms with E-state index in [4.69, 9.17) is 9.16 Å². The number of hydrogen-bond acceptors (Lipinski definition) is 6. The first-order valence-electron chi connectivity index (χ1n) is 14.5. The lowest BCUT2D eigenvalue weighted by Gasteiger charge is -2.42. The Balaban J connectivity index is 1.89. The van der Waals surface area contributed by atoms with Gasteiger partial charge in [0.05, 0.1) is 35.0 Å². The molecule has 0 bridgehead atoms. The lowest BCUT2D eigenvalue weighted by atomic mass is 9.96. The molecule has 0 saturated carbocycles. The number of hydrogen-bond donors (Lipinski definition) is 1. The summed E-state index contributed by atoms with van der Waals surface area (Å²) in [5, 5.41) is 3.83. The molecule has 0 unspecified atom stereocenters. The fourth-order valence-corrected chi connectivity index (χ4v) is 12.3. The van der Waals surface area contributed by atoms with Crippen molar-refractivity contribution in [3.8, 4) is 0 Å². The van der Waals surface area contributed by atoms with Crippen LogP contribution >= 0.6 is 11.3 Å². The van der Waals surface area contributed by atoms with Gasteiger partial charge in [-0.2, -0.15) is 0 Å². The molecule has 2 aromatic heterocycles. The van der Waals surface area contributed by atoms with Crippen LogP contribution in [0.3, 0.4) is 0 Å². The highest BCUT2D eigenvalue weighted by Gasteiger charge is 2.45. The number of thiophene rings is 1. The van der Waals surface area contributed by atoms with E-state index in [1.165, 1.54) is 16.2 Å². The number of ether oxygens (including phenoxy) is 1. The summed E-state index contributed by atoms with van der Waals surface area (Å²) in [5.41, 5.74) is 3.19. The smallest absolute Gasteiger partial charge is 0.410 e. The fraction of sp³-hybridized carbons (Fsp3) is 0.469. The molecule has 0 saturated heterocycles. The molecule has 2 heterocycles. The Hall–Kier alpha value is -3.08. The lowest BCUT2D eigenvalue weighted by Crippen LogP contribution is -2.47. The number of rotatable bonds is 14. The standard InChI is InChI=1S/C32H44FN3O4SSi/c1-9-15-36(32(38)39-10-2)19-27(31(37)35-30-16-26-28(33)17-34-18-29(26)41-30)25-13-11-24(12-14-25)20-40-42(21(3)4,22(5)6)23(7)8/h9,11-14,16-18,21-23,27H,1,10,15,19-20H2,2-8H3,(H,35,37)/t27-/m1/s1. The van der Waals surface area contributed by atoms with E-state index in [1.807, 2.05) is 24.3 Å². The van der Waals surface area contributed by atoms with E-state index in [0.29, 0.717) is 38.3 Å². The third-order valence-corrected chi connectivity index (χ3v) is 14.9.